The molecule has 0 aromatic rings. The van der Waals surface area contributed by atoms with Gasteiger partial charge in [0.2, 0.25) is 0 Å². The molecule has 0 saturated heterocycles. The standard InChI is InChI=1S/C10H23NO2/c1-9(2)10(11)5-8-13-7-4-6-12-3/h9-10H,4-8,11H2,1-3H3. The van der Waals surface area contributed by atoms with Gasteiger partial charge in [-0.15, -0.1) is 0 Å². The maximum atomic E-state index is 5.85. The van der Waals surface area contributed by atoms with Gasteiger partial charge >= 0.3 is 0 Å². The first-order valence-electron chi connectivity index (χ1n) is 5.00. The number of hydrogen-bond acceptors (Lipinski definition) is 3. The van der Waals surface area contributed by atoms with Gasteiger partial charge in [-0.25, -0.2) is 0 Å². The molecule has 0 aliphatic heterocycles. The van der Waals surface area contributed by atoms with E-state index in [0.29, 0.717) is 5.92 Å². The number of hydrogen-bond donors (Lipinski definition) is 1. The Hall–Kier alpha value is -0.120. The molecule has 0 fully saturated rings. The molecule has 0 radical (unpaired) electrons. The zero-order valence-corrected chi connectivity index (χ0v) is 9.08. The molecule has 2 N–H and O–H groups in total. The highest BCUT2D eigenvalue weighted by Gasteiger charge is 2.06. The van der Waals surface area contributed by atoms with Crippen molar-refractivity contribution in [1.29, 1.82) is 0 Å². The summed E-state index contributed by atoms with van der Waals surface area (Å²) in [6.07, 6.45) is 1.91. The van der Waals surface area contributed by atoms with Gasteiger partial charge in [0.05, 0.1) is 0 Å². The third-order valence-electron chi connectivity index (χ3n) is 2.09. The monoisotopic (exact) mass is 189 g/mol. The molecule has 0 spiro atoms. The number of ether oxygens (including phenoxy) is 2. The summed E-state index contributed by atoms with van der Waals surface area (Å²) in [5, 5.41) is 0. The Kier molecular flexibility index (Phi) is 8.40. The molecule has 0 aliphatic rings. The third kappa shape index (κ3) is 8.22. The Balaban J connectivity index is 3.07. The Morgan fingerprint density at radius 2 is 1.85 bits per heavy atom. The van der Waals surface area contributed by atoms with Crippen molar-refractivity contribution in [2.75, 3.05) is 26.9 Å². The van der Waals surface area contributed by atoms with Crippen molar-refractivity contribution in [3.05, 3.63) is 0 Å². The van der Waals surface area contributed by atoms with Crippen molar-refractivity contribution in [3.63, 3.8) is 0 Å². The van der Waals surface area contributed by atoms with E-state index >= 15 is 0 Å². The molecule has 1 atom stereocenters. The summed E-state index contributed by atoms with van der Waals surface area (Å²) in [5.41, 5.74) is 5.85. The van der Waals surface area contributed by atoms with E-state index in [1.54, 1.807) is 7.11 Å². The Morgan fingerprint density at radius 1 is 1.15 bits per heavy atom. The van der Waals surface area contributed by atoms with E-state index in [-0.39, 0.29) is 6.04 Å². The fourth-order valence-corrected chi connectivity index (χ4v) is 0.960. The Labute approximate surface area is 81.6 Å². The molecule has 13 heavy (non-hydrogen) atoms. The average Bonchev–Trinajstić information content (AvgIpc) is 2.10. The topological polar surface area (TPSA) is 44.5 Å². The molecule has 0 rings (SSSR count). The lowest BCUT2D eigenvalue weighted by Crippen LogP contribution is -2.27. The van der Waals surface area contributed by atoms with Crippen LogP contribution in [0.1, 0.15) is 26.7 Å². The second-order valence-electron chi connectivity index (χ2n) is 3.66. The second kappa shape index (κ2) is 8.48. The maximum absolute atomic E-state index is 5.85. The predicted molar refractivity (Wildman–Crippen MR) is 54.7 cm³/mol. The van der Waals surface area contributed by atoms with Gasteiger partial charge in [-0.3, -0.25) is 0 Å². The van der Waals surface area contributed by atoms with Crippen LogP contribution in [0.25, 0.3) is 0 Å². The molecule has 1 unspecified atom stereocenters. The van der Waals surface area contributed by atoms with Gasteiger partial charge in [0.1, 0.15) is 0 Å². The fraction of sp³-hybridized carbons (Fsp3) is 1.00. The largest absolute Gasteiger partial charge is 0.385 e. The lowest BCUT2D eigenvalue weighted by atomic mass is 10.0. The first-order chi connectivity index (χ1) is 6.18. The molecule has 0 saturated carbocycles. The van der Waals surface area contributed by atoms with Crippen LogP contribution >= 0.6 is 0 Å². The number of methoxy groups -OCH3 is 1. The second-order valence-corrected chi connectivity index (χ2v) is 3.66. The van der Waals surface area contributed by atoms with Gasteiger partial charge in [-0.2, -0.15) is 0 Å². The van der Waals surface area contributed by atoms with Crippen molar-refractivity contribution in [3.8, 4) is 0 Å². The van der Waals surface area contributed by atoms with Gasteiger partial charge in [0, 0.05) is 33.0 Å². The van der Waals surface area contributed by atoms with Crippen LogP contribution in [0.15, 0.2) is 0 Å². The minimum absolute atomic E-state index is 0.266. The van der Waals surface area contributed by atoms with Crippen molar-refractivity contribution < 1.29 is 9.47 Å². The summed E-state index contributed by atoms with van der Waals surface area (Å²) in [6.45, 7) is 6.59. The average molecular weight is 189 g/mol. The molecular weight excluding hydrogens is 166 g/mol. The molecule has 3 nitrogen and oxygen atoms in total. The highest BCUT2D eigenvalue weighted by Crippen LogP contribution is 2.02. The van der Waals surface area contributed by atoms with E-state index in [4.69, 9.17) is 15.2 Å². The van der Waals surface area contributed by atoms with Crippen LogP contribution in [0, 0.1) is 5.92 Å². The zero-order chi connectivity index (χ0) is 10.1. The minimum Gasteiger partial charge on any atom is -0.385 e. The predicted octanol–water partition coefficient (Wildman–Crippen LogP) is 1.41. The van der Waals surface area contributed by atoms with Crippen molar-refractivity contribution >= 4 is 0 Å². The summed E-state index contributed by atoms with van der Waals surface area (Å²) in [5.74, 6) is 0.544. The van der Waals surface area contributed by atoms with Crippen LogP contribution in [0.3, 0.4) is 0 Å². The quantitative estimate of drug-likeness (QED) is 0.587. The van der Waals surface area contributed by atoms with Crippen LogP contribution in [0.2, 0.25) is 0 Å². The fourth-order valence-electron chi connectivity index (χ4n) is 0.960. The Bertz CT molecular complexity index is 107. The molecule has 0 aliphatic carbocycles. The molecule has 0 aromatic heterocycles. The van der Waals surface area contributed by atoms with Gasteiger partial charge < -0.3 is 15.2 Å². The lowest BCUT2D eigenvalue weighted by Gasteiger charge is -2.15. The van der Waals surface area contributed by atoms with Crippen LogP contribution < -0.4 is 5.73 Å². The summed E-state index contributed by atoms with van der Waals surface area (Å²) in [6, 6.07) is 0.266. The summed E-state index contributed by atoms with van der Waals surface area (Å²) in [4.78, 5) is 0. The van der Waals surface area contributed by atoms with E-state index in [1.165, 1.54) is 0 Å². The number of nitrogens with two attached hydrogens (primary N) is 1. The van der Waals surface area contributed by atoms with Gasteiger partial charge in [-0.1, -0.05) is 13.8 Å². The summed E-state index contributed by atoms with van der Waals surface area (Å²) in [7, 11) is 1.70. The Morgan fingerprint density at radius 3 is 2.38 bits per heavy atom. The molecule has 80 valence electrons. The van der Waals surface area contributed by atoms with Crippen LogP contribution in [0.5, 0.6) is 0 Å². The van der Waals surface area contributed by atoms with Crippen molar-refractivity contribution in [2.45, 2.75) is 32.7 Å². The van der Waals surface area contributed by atoms with Crippen LogP contribution in [0.4, 0.5) is 0 Å². The normalized spacial score (nSPS) is 13.6. The molecule has 0 amide bonds. The summed E-state index contributed by atoms with van der Waals surface area (Å²) < 4.78 is 10.3. The van der Waals surface area contributed by atoms with Crippen molar-refractivity contribution in [1.82, 2.24) is 0 Å². The molecule has 0 bridgehead atoms. The molecular formula is C10H23NO2. The smallest absolute Gasteiger partial charge is 0.0487 e. The lowest BCUT2D eigenvalue weighted by molar-refractivity contribution is 0.0961. The van der Waals surface area contributed by atoms with E-state index in [0.717, 1.165) is 32.7 Å². The van der Waals surface area contributed by atoms with Gasteiger partial charge in [0.25, 0.3) is 0 Å². The first-order valence-corrected chi connectivity index (χ1v) is 5.00. The third-order valence-corrected chi connectivity index (χ3v) is 2.09. The SMILES string of the molecule is COCCCOCCC(N)C(C)C. The van der Waals surface area contributed by atoms with Crippen molar-refractivity contribution in [2.24, 2.45) is 11.7 Å². The molecule has 3 heteroatoms. The van der Waals surface area contributed by atoms with Crippen LogP contribution in [-0.2, 0) is 9.47 Å². The number of rotatable bonds is 8. The molecule has 0 aromatic carbocycles. The van der Waals surface area contributed by atoms with E-state index in [9.17, 15) is 0 Å². The summed E-state index contributed by atoms with van der Waals surface area (Å²) >= 11 is 0. The van der Waals surface area contributed by atoms with E-state index < -0.39 is 0 Å². The van der Waals surface area contributed by atoms with Gasteiger partial charge in [-0.05, 0) is 18.8 Å². The first kappa shape index (κ1) is 12.9. The van der Waals surface area contributed by atoms with E-state index in [2.05, 4.69) is 13.8 Å². The molecule has 0 heterocycles. The van der Waals surface area contributed by atoms with E-state index in [1.807, 2.05) is 0 Å². The highest BCUT2D eigenvalue weighted by molar-refractivity contribution is 4.64. The maximum Gasteiger partial charge on any atom is 0.0487 e. The van der Waals surface area contributed by atoms with Crippen LogP contribution in [-0.4, -0.2) is 33.0 Å². The zero-order valence-electron chi connectivity index (χ0n) is 9.08. The highest BCUT2D eigenvalue weighted by atomic mass is 16.5. The van der Waals surface area contributed by atoms with Gasteiger partial charge in [0.15, 0.2) is 0 Å². The minimum atomic E-state index is 0.266.